The summed E-state index contributed by atoms with van der Waals surface area (Å²) in [5, 5.41) is 0. The number of rotatable bonds is 2. The van der Waals surface area contributed by atoms with Gasteiger partial charge in [0.2, 0.25) is 0 Å². The van der Waals surface area contributed by atoms with Gasteiger partial charge in [-0.15, -0.1) is 0 Å². The Labute approximate surface area is 86.3 Å². The Morgan fingerprint density at radius 3 is 2.79 bits per heavy atom. The molecule has 0 radical (unpaired) electrons. The van der Waals surface area contributed by atoms with Crippen LogP contribution < -0.4 is 0 Å². The van der Waals surface area contributed by atoms with Gasteiger partial charge in [-0.05, 0) is 30.6 Å². The first kappa shape index (κ1) is 11.3. The van der Waals surface area contributed by atoms with Gasteiger partial charge in [0.05, 0.1) is 13.5 Å². The first-order valence-electron chi connectivity index (χ1n) is 5.22. The lowest BCUT2D eigenvalue weighted by molar-refractivity contribution is -0.142. The molecule has 0 heterocycles. The summed E-state index contributed by atoms with van der Waals surface area (Å²) >= 11 is 0. The summed E-state index contributed by atoms with van der Waals surface area (Å²) in [7, 11) is 1.45. The van der Waals surface area contributed by atoms with Crippen molar-refractivity contribution in [2.24, 2.45) is 11.3 Å². The van der Waals surface area contributed by atoms with E-state index in [0.29, 0.717) is 12.3 Å². The topological polar surface area (TPSA) is 26.3 Å². The Morgan fingerprint density at radius 1 is 1.64 bits per heavy atom. The van der Waals surface area contributed by atoms with Gasteiger partial charge in [-0.3, -0.25) is 4.79 Å². The van der Waals surface area contributed by atoms with Crippen molar-refractivity contribution < 1.29 is 9.53 Å². The normalized spacial score (nSPS) is 25.9. The fraction of sp³-hybridized carbons (Fsp3) is 0.750. The average Bonchev–Trinajstić information content (AvgIpc) is 2.11. The molecule has 0 aromatic rings. The van der Waals surface area contributed by atoms with Crippen LogP contribution in [0, 0.1) is 11.3 Å². The van der Waals surface area contributed by atoms with Gasteiger partial charge >= 0.3 is 5.97 Å². The van der Waals surface area contributed by atoms with E-state index in [1.165, 1.54) is 25.5 Å². The van der Waals surface area contributed by atoms with Crippen LogP contribution >= 0.6 is 0 Å². The van der Waals surface area contributed by atoms with Crippen molar-refractivity contribution in [1.29, 1.82) is 0 Å². The van der Waals surface area contributed by atoms with Crippen molar-refractivity contribution >= 4 is 5.97 Å². The summed E-state index contributed by atoms with van der Waals surface area (Å²) in [5.74, 6) is 0.176. The number of methoxy groups -OCH3 is 1. The summed E-state index contributed by atoms with van der Waals surface area (Å²) in [6.07, 6.45) is 3.92. The Morgan fingerprint density at radius 2 is 2.29 bits per heavy atom. The molecule has 0 aromatic carbocycles. The van der Waals surface area contributed by atoms with Crippen molar-refractivity contribution in [1.82, 2.24) is 0 Å². The minimum Gasteiger partial charge on any atom is -0.469 e. The highest BCUT2D eigenvalue weighted by Gasteiger charge is 2.35. The third-order valence-electron chi connectivity index (χ3n) is 3.35. The number of hydrogen-bond donors (Lipinski definition) is 0. The van der Waals surface area contributed by atoms with Crippen molar-refractivity contribution in [3.63, 3.8) is 0 Å². The standard InChI is InChI=1S/C12H20O2/c1-9-6-5-7-12(2,3)10(9)8-11(13)14-4/h10H,1,5-8H2,2-4H3. The quantitative estimate of drug-likeness (QED) is 0.501. The summed E-state index contributed by atoms with van der Waals surface area (Å²) in [5.41, 5.74) is 1.41. The number of carbonyl (C=O) groups is 1. The van der Waals surface area contributed by atoms with Crippen molar-refractivity contribution in [3.8, 4) is 0 Å². The minimum absolute atomic E-state index is 0.119. The summed E-state index contributed by atoms with van der Waals surface area (Å²) in [6.45, 7) is 8.50. The second-order valence-electron chi connectivity index (χ2n) is 4.83. The summed E-state index contributed by atoms with van der Waals surface area (Å²) in [6, 6.07) is 0. The molecule has 1 aliphatic rings. The van der Waals surface area contributed by atoms with Gasteiger partial charge in [-0.2, -0.15) is 0 Å². The van der Waals surface area contributed by atoms with Crippen LogP contribution in [-0.2, 0) is 9.53 Å². The van der Waals surface area contributed by atoms with E-state index in [2.05, 4.69) is 20.4 Å². The molecule has 14 heavy (non-hydrogen) atoms. The van der Waals surface area contributed by atoms with Crippen LogP contribution in [0.1, 0.15) is 39.5 Å². The van der Waals surface area contributed by atoms with Gasteiger partial charge in [0.25, 0.3) is 0 Å². The highest BCUT2D eigenvalue weighted by molar-refractivity contribution is 5.70. The zero-order valence-electron chi connectivity index (χ0n) is 9.43. The van der Waals surface area contributed by atoms with E-state index in [0.717, 1.165) is 6.42 Å². The first-order valence-corrected chi connectivity index (χ1v) is 5.22. The molecule has 2 heteroatoms. The van der Waals surface area contributed by atoms with Gasteiger partial charge in [0.15, 0.2) is 0 Å². The Balaban J connectivity index is 2.70. The molecule has 80 valence electrons. The Kier molecular flexibility index (Phi) is 3.35. The molecule has 0 N–H and O–H groups in total. The molecule has 1 unspecified atom stereocenters. The number of hydrogen-bond acceptors (Lipinski definition) is 2. The molecular weight excluding hydrogens is 176 g/mol. The van der Waals surface area contributed by atoms with Crippen LogP contribution in [0.5, 0.6) is 0 Å². The van der Waals surface area contributed by atoms with Crippen LogP contribution in [0.2, 0.25) is 0 Å². The fourth-order valence-corrected chi connectivity index (χ4v) is 2.34. The molecule has 0 spiro atoms. The second kappa shape index (κ2) is 4.16. The van der Waals surface area contributed by atoms with Crippen LogP contribution in [0.15, 0.2) is 12.2 Å². The predicted octanol–water partition coefficient (Wildman–Crippen LogP) is 2.93. The molecule has 1 fully saturated rings. The monoisotopic (exact) mass is 196 g/mol. The van der Waals surface area contributed by atoms with Crippen LogP contribution in [-0.4, -0.2) is 13.1 Å². The molecule has 1 aliphatic carbocycles. The maximum absolute atomic E-state index is 11.3. The molecule has 0 aromatic heterocycles. The maximum Gasteiger partial charge on any atom is 0.306 e. The van der Waals surface area contributed by atoms with E-state index in [4.69, 9.17) is 4.74 Å². The van der Waals surface area contributed by atoms with E-state index in [9.17, 15) is 4.79 Å². The second-order valence-corrected chi connectivity index (χ2v) is 4.83. The molecule has 0 aliphatic heterocycles. The van der Waals surface area contributed by atoms with Crippen molar-refractivity contribution in [2.45, 2.75) is 39.5 Å². The zero-order chi connectivity index (χ0) is 10.8. The molecule has 2 nitrogen and oxygen atoms in total. The predicted molar refractivity (Wildman–Crippen MR) is 56.9 cm³/mol. The van der Waals surface area contributed by atoms with Crippen LogP contribution in [0.25, 0.3) is 0 Å². The van der Waals surface area contributed by atoms with Gasteiger partial charge in [0, 0.05) is 0 Å². The number of esters is 1. The molecule has 0 bridgehead atoms. The average molecular weight is 196 g/mol. The molecule has 0 saturated heterocycles. The highest BCUT2D eigenvalue weighted by Crippen LogP contribution is 2.44. The van der Waals surface area contributed by atoms with E-state index < -0.39 is 0 Å². The number of carbonyl (C=O) groups excluding carboxylic acids is 1. The molecule has 1 atom stereocenters. The Bertz CT molecular complexity index is 241. The lowest BCUT2D eigenvalue weighted by Crippen LogP contribution is -2.31. The summed E-state index contributed by atoms with van der Waals surface area (Å²) in [4.78, 5) is 11.3. The SMILES string of the molecule is C=C1CCCC(C)(C)C1CC(=O)OC. The molecule has 1 saturated carbocycles. The van der Waals surface area contributed by atoms with Crippen molar-refractivity contribution in [3.05, 3.63) is 12.2 Å². The minimum atomic E-state index is -0.119. The van der Waals surface area contributed by atoms with Gasteiger partial charge in [-0.1, -0.05) is 26.0 Å². The third kappa shape index (κ3) is 2.37. The van der Waals surface area contributed by atoms with E-state index in [1.807, 2.05) is 0 Å². The summed E-state index contributed by atoms with van der Waals surface area (Å²) < 4.78 is 4.71. The number of ether oxygens (including phenoxy) is 1. The third-order valence-corrected chi connectivity index (χ3v) is 3.35. The van der Waals surface area contributed by atoms with E-state index in [1.54, 1.807) is 0 Å². The lowest BCUT2D eigenvalue weighted by Gasteiger charge is -2.39. The first-order chi connectivity index (χ1) is 6.47. The lowest BCUT2D eigenvalue weighted by atomic mass is 9.65. The van der Waals surface area contributed by atoms with E-state index in [-0.39, 0.29) is 11.4 Å². The smallest absolute Gasteiger partial charge is 0.306 e. The zero-order valence-corrected chi connectivity index (χ0v) is 9.43. The Hall–Kier alpha value is -0.790. The molecule has 1 rings (SSSR count). The van der Waals surface area contributed by atoms with Gasteiger partial charge < -0.3 is 4.74 Å². The van der Waals surface area contributed by atoms with Crippen LogP contribution in [0.3, 0.4) is 0 Å². The highest BCUT2D eigenvalue weighted by atomic mass is 16.5. The largest absolute Gasteiger partial charge is 0.469 e. The maximum atomic E-state index is 11.3. The fourth-order valence-electron chi connectivity index (χ4n) is 2.34. The van der Waals surface area contributed by atoms with Crippen molar-refractivity contribution in [2.75, 3.05) is 7.11 Å². The molecule has 0 amide bonds. The van der Waals surface area contributed by atoms with Gasteiger partial charge in [0.1, 0.15) is 0 Å². The van der Waals surface area contributed by atoms with Crippen LogP contribution in [0.4, 0.5) is 0 Å². The van der Waals surface area contributed by atoms with E-state index >= 15 is 0 Å². The number of allylic oxidation sites excluding steroid dienone is 1. The molecular formula is C12H20O2. The van der Waals surface area contributed by atoms with Gasteiger partial charge in [-0.25, -0.2) is 0 Å².